The van der Waals surface area contributed by atoms with Gasteiger partial charge in [-0.1, -0.05) is 30.3 Å². The average Bonchev–Trinajstić information content (AvgIpc) is 3.38. The fraction of sp³-hybridized carbons (Fsp3) is 0.190. The SMILES string of the molecule is CSCC[C@@H](NC(=O)c1cncn1-c1ccccc1)c1nc2ccccc2[nH]1. The first-order chi connectivity index (χ1) is 13.8. The molecule has 28 heavy (non-hydrogen) atoms. The van der Waals surface area contributed by atoms with Gasteiger partial charge in [-0.3, -0.25) is 9.36 Å². The number of carbonyl (C=O) groups excluding carboxylic acids is 1. The standard InChI is InChI=1S/C21H21N5OS/c1-28-12-11-18(20-23-16-9-5-6-10-17(16)24-20)25-21(27)19-13-22-14-26(19)15-7-3-2-4-8-15/h2-10,13-14,18H,11-12H2,1H3,(H,23,24)(H,25,27)/t18-/m1/s1. The molecule has 1 atom stereocenters. The summed E-state index contributed by atoms with van der Waals surface area (Å²) in [5.74, 6) is 1.52. The van der Waals surface area contributed by atoms with Crippen molar-refractivity contribution in [2.45, 2.75) is 12.5 Å². The number of hydrogen-bond donors (Lipinski definition) is 2. The molecule has 0 saturated heterocycles. The molecule has 0 radical (unpaired) electrons. The molecule has 0 bridgehead atoms. The zero-order chi connectivity index (χ0) is 19.3. The summed E-state index contributed by atoms with van der Waals surface area (Å²) < 4.78 is 1.79. The van der Waals surface area contributed by atoms with Gasteiger partial charge in [0, 0.05) is 5.69 Å². The van der Waals surface area contributed by atoms with Crippen LogP contribution in [-0.2, 0) is 0 Å². The van der Waals surface area contributed by atoms with Crippen molar-refractivity contribution >= 4 is 28.7 Å². The van der Waals surface area contributed by atoms with Gasteiger partial charge >= 0.3 is 0 Å². The molecule has 7 heteroatoms. The topological polar surface area (TPSA) is 75.6 Å². The van der Waals surface area contributed by atoms with E-state index in [4.69, 9.17) is 0 Å². The third kappa shape index (κ3) is 3.80. The number of hydrogen-bond acceptors (Lipinski definition) is 4. The first-order valence-corrected chi connectivity index (χ1v) is 10.5. The highest BCUT2D eigenvalue weighted by Gasteiger charge is 2.21. The molecule has 0 aliphatic rings. The Morgan fingerprint density at radius 3 is 2.75 bits per heavy atom. The van der Waals surface area contributed by atoms with Crippen molar-refractivity contribution in [3.05, 3.63) is 78.6 Å². The molecule has 0 unspecified atom stereocenters. The van der Waals surface area contributed by atoms with Crippen molar-refractivity contribution in [2.24, 2.45) is 0 Å². The van der Waals surface area contributed by atoms with Gasteiger partial charge in [0.15, 0.2) is 0 Å². The number of thioether (sulfide) groups is 1. The fourth-order valence-electron chi connectivity index (χ4n) is 3.14. The molecule has 0 aliphatic carbocycles. The minimum Gasteiger partial charge on any atom is -0.341 e. The second-order valence-corrected chi connectivity index (χ2v) is 7.42. The van der Waals surface area contributed by atoms with Gasteiger partial charge in [-0.15, -0.1) is 0 Å². The number of H-pyrrole nitrogens is 1. The number of imidazole rings is 2. The number of aromatic nitrogens is 4. The van der Waals surface area contributed by atoms with Gasteiger partial charge < -0.3 is 10.3 Å². The normalized spacial score (nSPS) is 12.2. The summed E-state index contributed by atoms with van der Waals surface area (Å²) in [4.78, 5) is 25.2. The van der Waals surface area contributed by atoms with Crippen molar-refractivity contribution < 1.29 is 4.79 Å². The molecule has 2 aromatic heterocycles. The quantitative estimate of drug-likeness (QED) is 0.500. The number of amides is 1. The largest absolute Gasteiger partial charge is 0.341 e. The molecule has 2 N–H and O–H groups in total. The number of fused-ring (bicyclic) bond motifs is 1. The number of para-hydroxylation sites is 3. The summed E-state index contributed by atoms with van der Waals surface area (Å²) in [6.07, 6.45) is 6.09. The van der Waals surface area contributed by atoms with Gasteiger partial charge in [0.1, 0.15) is 11.5 Å². The van der Waals surface area contributed by atoms with Crippen molar-refractivity contribution in [1.29, 1.82) is 0 Å². The van der Waals surface area contributed by atoms with E-state index in [1.54, 1.807) is 28.9 Å². The third-order valence-corrected chi connectivity index (χ3v) is 5.20. The molecule has 4 rings (SSSR count). The maximum atomic E-state index is 13.0. The summed E-state index contributed by atoms with van der Waals surface area (Å²) in [5, 5.41) is 3.13. The van der Waals surface area contributed by atoms with E-state index in [0.29, 0.717) is 5.69 Å². The summed E-state index contributed by atoms with van der Waals surface area (Å²) in [7, 11) is 0. The molecular formula is C21H21N5OS. The molecule has 2 heterocycles. The molecule has 0 aliphatic heterocycles. The van der Waals surface area contributed by atoms with Crippen LogP contribution in [0.5, 0.6) is 0 Å². The molecule has 0 saturated carbocycles. The number of carbonyl (C=O) groups is 1. The van der Waals surface area contributed by atoms with E-state index in [1.807, 2.05) is 54.6 Å². The molecule has 0 spiro atoms. The number of aromatic amines is 1. The Bertz CT molecular complexity index is 1040. The summed E-state index contributed by atoms with van der Waals surface area (Å²) >= 11 is 1.75. The van der Waals surface area contributed by atoms with Crippen LogP contribution >= 0.6 is 11.8 Å². The van der Waals surface area contributed by atoms with E-state index < -0.39 is 0 Å². The van der Waals surface area contributed by atoms with E-state index in [2.05, 4.69) is 26.5 Å². The van der Waals surface area contributed by atoms with E-state index in [9.17, 15) is 4.79 Å². The third-order valence-electron chi connectivity index (χ3n) is 4.56. The van der Waals surface area contributed by atoms with Crippen LogP contribution in [0.4, 0.5) is 0 Å². The van der Waals surface area contributed by atoms with Crippen LogP contribution in [0.2, 0.25) is 0 Å². The predicted molar refractivity (Wildman–Crippen MR) is 113 cm³/mol. The average molecular weight is 392 g/mol. The van der Waals surface area contributed by atoms with Gasteiger partial charge in [0.25, 0.3) is 5.91 Å². The molecule has 0 fully saturated rings. The lowest BCUT2D eigenvalue weighted by molar-refractivity contribution is 0.0927. The molecule has 2 aromatic carbocycles. The zero-order valence-corrected chi connectivity index (χ0v) is 16.3. The molecule has 4 aromatic rings. The Kier molecular flexibility index (Phi) is 5.43. The first-order valence-electron chi connectivity index (χ1n) is 9.08. The Balaban J connectivity index is 1.61. The van der Waals surface area contributed by atoms with Crippen LogP contribution in [-0.4, -0.2) is 37.4 Å². The van der Waals surface area contributed by atoms with E-state index in [0.717, 1.165) is 34.7 Å². The maximum Gasteiger partial charge on any atom is 0.270 e. The Morgan fingerprint density at radius 1 is 1.18 bits per heavy atom. The van der Waals surface area contributed by atoms with Crippen molar-refractivity contribution in [3.8, 4) is 5.69 Å². The molecular weight excluding hydrogens is 370 g/mol. The monoisotopic (exact) mass is 391 g/mol. The van der Waals surface area contributed by atoms with E-state index in [-0.39, 0.29) is 11.9 Å². The smallest absolute Gasteiger partial charge is 0.270 e. The molecule has 142 valence electrons. The highest BCUT2D eigenvalue weighted by molar-refractivity contribution is 7.98. The van der Waals surface area contributed by atoms with E-state index in [1.165, 1.54) is 0 Å². The highest BCUT2D eigenvalue weighted by atomic mass is 32.2. The van der Waals surface area contributed by atoms with Crippen molar-refractivity contribution in [2.75, 3.05) is 12.0 Å². The lowest BCUT2D eigenvalue weighted by atomic mass is 10.2. The Labute approximate surface area is 167 Å². The van der Waals surface area contributed by atoms with Gasteiger partial charge in [-0.05, 0) is 42.7 Å². The number of nitrogens with one attached hydrogen (secondary N) is 2. The van der Waals surface area contributed by atoms with Crippen LogP contribution in [0, 0.1) is 0 Å². The lowest BCUT2D eigenvalue weighted by Crippen LogP contribution is -2.31. The second kappa shape index (κ2) is 8.31. The fourth-order valence-corrected chi connectivity index (χ4v) is 3.61. The molecule has 6 nitrogen and oxygen atoms in total. The van der Waals surface area contributed by atoms with Crippen LogP contribution in [0.25, 0.3) is 16.7 Å². The van der Waals surface area contributed by atoms with Gasteiger partial charge in [-0.25, -0.2) is 9.97 Å². The van der Waals surface area contributed by atoms with Crippen LogP contribution in [0.15, 0.2) is 67.1 Å². The highest BCUT2D eigenvalue weighted by Crippen LogP contribution is 2.21. The van der Waals surface area contributed by atoms with Crippen molar-refractivity contribution in [3.63, 3.8) is 0 Å². The van der Waals surface area contributed by atoms with Crippen LogP contribution in [0.3, 0.4) is 0 Å². The predicted octanol–water partition coefficient (Wildman–Crippen LogP) is 3.97. The number of rotatable bonds is 7. The summed E-state index contributed by atoms with van der Waals surface area (Å²) in [6, 6.07) is 17.4. The Morgan fingerprint density at radius 2 is 1.96 bits per heavy atom. The van der Waals surface area contributed by atoms with Crippen molar-refractivity contribution in [1.82, 2.24) is 24.8 Å². The first kappa shape index (κ1) is 18.3. The van der Waals surface area contributed by atoms with Gasteiger partial charge in [0.05, 0.1) is 29.6 Å². The van der Waals surface area contributed by atoms with Crippen LogP contribution in [0.1, 0.15) is 28.8 Å². The number of benzene rings is 2. The van der Waals surface area contributed by atoms with Crippen LogP contribution < -0.4 is 5.32 Å². The second-order valence-electron chi connectivity index (χ2n) is 6.43. The van der Waals surface area contributed by atoms with Gasteiger partial charge in [-0.2, -0.15) is 11.8 Å². The minimum absolute atomic E-state index is 0.173. The minimum atomic E-state index is -0.202. The lowest BCUT2D eigenvalue weighted by Gasteiger charge is -2.17. The molecule has 1 amide bonds. The maximum absolute atomic E-state index is 13.0. The van der Waals surface area contributed by atoms with E-state index >= 15 is 0 Å². The zero-order valence-electron chi connectivity index (χ0n) is 15.5. The number of nitrogens with zero attached hydrogens (tertiary/aromatic N) is 3. The summed E-state index contributed by atoms with van der Waals surface area (Å²) in [5.41, 5.74) is 3.26. The Hall–Kier alpha value is -3.06. The van der Waals surface area contributed by atoms with Gasteiger partial charge in [0.2, 0.25) is 0 Å². The summed E-state index contributed by atoms with van der Waals surface area (Å²) in [6.45, 7) is 0.